The molecule has 1 aliphatic rings. The molecule has 1 aliphatic heterocycles. The Morgan fingerprint density at radius 2 is 2.12 bits per heavy atom. The van der Waals surface area contributed by atoms with Gasteiger partial charge in [0.1, 0.15) is 23.7 Å². The topological polar surface area (TPSA) is 71.9 Å². The van der Waals surface area contributed by atoms with Crippen LogP contribution in [0.15, 0.2) is 48.8 Å². The predicted octanol–water partition coefficient (Wildman–Crippen LogP) is 1.81. The summed E-state index contributed by atoms with van der Waals surface area (Å²) in [6.45, 7) is 2.81. The number of aromatic nitrogens is 1. The van der Waals surface area contributed by atoms with Crippen molar-refractivity contribution in [3.8, 4) is 11.5 Å². The SMILES string of the molecule is Cc1cccc(OC[C@@]2(O)CCN(C(=O)COc3cccnc3)C2)c1. The highest BCUT2D eigenvalue weighted by atomic mass is 16.5. The molecular weight excluding hydrogens is 320 g/mol. The van der Waals surface area contributed by atoms with Gasteiger partial charge in [0.15, 0.2) is 6.61 Å². The fraction of sp³-hybridized carbons (Fsp3) is 0.368. The van der Waals surface area contributed by atoms with Crippen LogP contribution in [0.2, 0.25) is 0 Å². The van der Waals surface area contributed by atoms with Gasteiger partial charge in [0.2, 0.25) is 0 Å². The second kappa shape index (κ2) is 7.53. The standard InChI is InChI=1S/C19H22N2O4/c1-15-4-2-5-16(10-15)25-14-19(23)7-9-21(13-19)18(22)12-24-17-6-3-8-20-11-17/h2-6,8,10-11,23H,7,9,12-14H2,1H3/t19-/m1/s1. The van der Waals surface area contributed by atoms with Gasteiger partial charge in [0.05, 0.1) is 12.7 Å². The molecule has 3 rings (SSSR count). The lowest BCUT2D eigenvalue weighted by Crippen LogP contribution is -2.41. The maximum absolute atomic E-state index is 12.3. The van der Waals surface area contributed by atoms with Crippen LogP contribution in [0.1, 0.15) is 12.0 Å². The number of likely N-dealkylation sites (tertiary alicyclic amines) is 1. The van der Waals surface area contributed by atoms with Gasteiger partial charge in [0.25, 0.3) is 5.91 Å². The number of benzene rings is 1. The first-order valence-electron chi connectivity index (χ1n) is 8.27. The van der Waals surface area contributed by atoms with Crippen molar-refractivity contribution in [3.05, 3.63) is 54.4 Å². The maximum atomic E-state index is 12.3. The van der Waals surface area contributed by atoms with Crippen molar-refractivity contribution in [2.45, 2.75) is 18.9 Å². The third-order valence-corrected chi connectivity index (χ3v) is 4.18. The van der Waals surface area contributed by atoms with E-state index in [-0.39, 0.29) is 25.7 Å². The molecule has 1 fully saturated rings. The molecule has 6 heteroatoms. The lowest BCUT2D eigenvalue weighted by Gasteiger charge is -2.23. The van der Waals surface area contributed by atoms with E-state index in [9.17, 15) is 9.90 Å². The third-order valence-electron chi connectivity index (χ3n) is 4.18. The van der Waals surface area contributed by atoms with Crippen LogP contribution in [-0.2, 0) is 4.79 Å². The second-order valence-corrected chi connectivity index (χ2v) is 6.37. The Morgan fingerprint density at radius 1 is 1.28 bits per heavy atom. The number of amides is 1. The van der Waals surface area contributed by atoms with E-state index >= 15 is 0 Å². The van der Waals surface area contributed by atoms with E-state index in [0.29, 0.717) is 18.7 Å². The number of nitrogens with zero attached hydrogens (tertiary/aromatic N) is 2. The molecule has 25 heavy (non-hydrogen) atoms. The normalized spacial score (nSPS) is 19.7. The Labute approximate surface area is 147 Å². The highest BCUT2D eigenvalue weighted by molar-refractivity contribution is 5.78. The van der Waals surface area contributed by atoms with Crippen LogP contribution in [0.4, 0.5) is 0 Å². The van der Waals surface area contributed by atoms with Gasteiger partial charge in [-0.05, 0) is 43.2 Å². The molecule has 0 bridgehead atoms. The summed E-state index contributed by atoms with van der Waals surface area (Å²) >= 11 is 0. The zero-order chi connectivity index (χ0) is 17.7. The Bertz CT molecular complexity index is 722. The average Bonchev–Trinajstić information content (AvgIpc) is 3.02. The van der Waals surface area contributed by atoms with Crippen molar-refractivity contribution in [1.29, 1.82) is 0 Å². The molecule has 1 amide bonds. The smallest absolute Gasteiger partial charge is 0.260 e. The molecule has 6 nitrogen and oxygen atoms in total. The summed E-state index contributed by atoms with van der Waals surface area (Å²) in [7, 11) is 0. The summed E-state index contributed by atoms with van der Waals surface area (Å²) in [5.74, 6) is 1.11. The van der Waals surface area contributed by atoms with Crippen LogP contribution in [0.3, 0.4) is 0 Å². The van der Waals surface area contributed by atoms with Crippen molar-refractivity contribution >= 4 is 5.91 Å². The molecule has 0 saturated carbocycles. The lowest BCUT2D eigenvalue weighted by atomic mass is 10.1. The Kier molecular flexibility index (Phi) is 5.19. The number of carbonyl (C=O) groups excluding carboxylic acids is 1. The Hall–Kier alpha value is -2.60. The minimum Gasteiger partial charge on any atom is -0.491 e. The summed E-state index contributed by atoms with van der Waals surface area (Å²) in [5.41, 5.74) is 0.0634. The van der Waals surface area contributed by atoms with E-state index in [1.54, 1.807) is 29.4 Å². The molecule has 0 aliphatic carbocycles. The van der Waals surface area contributed by atoms with E-state index < -0.39 is 5.60 Å². The predicted molar refractivity (Wildman–Crippen MR) is 92.6 cm³/mol. The van der Waals surface area contributed by atoms with Gasteiger partial charge in [0, 0.05) is 12.7 Å². The third kappa shape index (κ3) is 4.70. The molecule has 0 spiro atoms. The summed E-state index contributed by atoms with van der Waals surface area (Å²) in [4.78, 5) is 17.8. The number of aliphatic hydroxyl groups is 1. The van der Waals surface area contributed by atoms with Crippen LogP contribution < -0.4 is 9.47 Å². The number of ether oxygens (including phenoxy) is 2. The minimum absolute atomic E-state index is 0.0689. The molecule has 0 unspecified atom stereocenters. The summed E-state index contributed by atoms with van der Waals surface area (Å²) in [6, 6.07) is 11.2. The Balaban J connectivity index is 1.49. The number of hydrogen-bond acceptors (Lipinski definition) is 5. The highest BCUT2D eigenvalue weighted by Crippen LogP contribution is 2.23. The molecule has 1 aromatic carbocycles. The number of aryl methyl sites for hydroxylation is 1. The minimum atomic E-state index is -1.03. The molecular formula is C19H22N2O4. The van der Waals surface area contributed by atoms with Gasteiger partial charge in [-0.2, -0.15) is 0 Å². The van der Waals surface area contributed by atoms with Crippen LogP contribution >= 0.6 is 0 Å². The largest absolute Gasteiger partial charge is 0.491 e. The lowest BCUT2D eigenvalue weighted by molar-refractivity contribution is -0.133. The van der Waals surface area contributed by atoms with Crippen LogP contribution in [0.5, 0.6) is 11.5 Å². The number of pyridine rings is 1. The van der Waals surface area contributed by atoms with Crippen molar-refractivity contribution in [1.82, 2.24) is 9.88 Å². The fourth-order valence-electron chi connectivity index (χ4n) is 2.78. The zero-order valence-electron chi connectivity index (χ0n) is 14.2. The average molecular weight is 342 g/mol. The maximum Gasteiger partial charge on any atom is 0.260 e. The molecule has 1 saturated heterocycles. The molecule has 132 valence electrons. The van der Waals surface area contributed by atoms with E-state index in [4.69, 9.17) is 9.47 Å². The zero-order valence-corrected chi connectivity index (χ0v) is 14.2. The molecule has 0 radical (unpaired) electrons. The number of β-amino-alcohol motifs (C(OH)–C–C–N with tert-alkyl or cyclic N) is 1. The van der Waals surface area contributed by atoms with Crippen molar-refractivity contribution < 1.29 is 19.4 Å². The number of carbonyl (C=O) groups is 1. The first kappa shape index (κ1) is 17.2. The van der Waals surface area contributed by atoms with Gasteiger partial charge in [-0.15, -0.1) is 0 Å². The van der Waals surface area contributed by atoms with Gasteiger partial charge in [-0.25, -0.2) is 0 Å². The summed E-state index contributed by atoms with van der Waals surface area (Å²) in [5, 5.41) is 10.7. The van der Waals surface area contributed by atoms with E-state index in [1.165, 1.54) is 0 Å². The quantitative estimate of drug-likeness (QED) is 0.867. The molecule has 2 aromatic rings. The van der Waals surface area contributed by atoms with E-state index in [1.807, 2.05) is 31.2 Å². The van der Waals surface area contributed by atoms with Gasteiger partial charge in [-0.1, -0.05) is 12.1 Å². The number of hydrogen-bond donors (Lipinski definition) is 1. The van der Waals surface area contributed by atoms with Crippen molar-refractivity contribution in [3.63, 3.8) is 0 Å². The monoisotopic (exact) mass is 342 g/mol. The van der Waals surface area contributed by atoms with E-state index in [0.717, 1.165) is 11.3 Å². The summed E-state index contributed by atoms with van der Waals surface area (Å²) in [6.07, 6.45) is 3.68. The fourth-order valence-corrected chi connectivity index (χ4v) is 2.78. The van der Waals surface area contributed by atoms with Crippen LogP contribution in [0.25, 0.3) is 0 Å². The molecule has 2 heterocycles. The van der Waals surface area contributed by atoms with Gasteiger partial charge >= 0.3 is 0 Å². The first-order valence-corrected chi connectivity index (χ1v) is 8.27. The number of rotatable bonds is 6. The summed E-state index contributed by atoms with van der Waals surface area (Å²) < 4.78 is 11.1. The van der Waals surface area contributed by atoms with Crippen LogP contribution in [-0.4, -0.2) is 52.8 Å². The van der Waals surface area contributed by atoms with Gasteiger partial charge < -0.3 is 19.5 Å². The molecule has 1 N–H and O–H groups in total. The second-order valence-electron chi connectivity index (χ2n) is 6.37. The molecule has 1 atom stereocenters. The Morgan fingerprint density at radius 3 is 2.88 bits per heavy atom. The van der Waals surface area contributed by atoms with E-state index in [2.05, 4.69) is 4.98 Å². The van der Waals surface area contributed by atoms with Crippen molar-refractivity contribution in [2.24, 2.45) is 0 Å². The van der Waals surface area contributed by atoms with Gasteiger partial charge in [-0.3, -0.25) is 9.78 Å². The van der Waals surface area contributed by atoms with Crippen molar-refractivity contribution in [2.75, 3.05) is 26.3 Å². The highest BCUT2D eigenvalue weighted by Gasteiger charge is 2.39. The molecule has 1 aromatic heterocycles. The van der Waals surface area contributed by atoms with Crippen LogP contribution in [0, 0.1) is 6.92 Å². The first-order chi connectivity index (χ1) is 12.0.